The molecule has 1 heterocycles. The molecule has 1 saturated heterocycles. The average molecular weight is 505 g/mol. The summed E-state index contributed by atoms with van der Waals surface area (Å²) in [5, 5.41) is 11.9. The number of Topliss-reactive ketones (excluding diaryl/α,β-unsaturated/α-hetero) is 1. The lowest BCUT2D eigenvalue weighted by Gasteiger charge is -2.26. The van der Waals surface area contributed by atoms with Gasteiger partial charge in [-0.1, -0.05) is 43.1 Å². The first kappa shape index (κ1) is 26.1. The summed E-state index contributed by atoms with van der Waals surface area (Å²) >= 11 is 12.6. The average Bonchev–Trinajstić information content (AvgIpc) is 3.02. The number of ether oxygens (including phenoxy) is 1. The number of carbonyl (C=O) groups excluding carboxylic acids is 2. The van der Waals surface area contributed by atoms with Gasteiger partial charge >= 0.3 is 0 Å². The lowest BCUT2D eigenvalue weighted by atomic mass is 9.95. The number of rotatable bonds is 9. The summed E-state index contributed by atoms with van der Waals surface area (Å²) in [6, 6.07) is 10.9. The SMILES string of the molecule is CC(C)COc1ccc(/C(O)=C2\C(=O)C(=O)N(CCCN(C)C)[C@H]2c2ccc(Cl)cc2Cl)cc1. The highest BCUT2D eigenvalue weighted by molar-refractivity contribution is 6.47. The monoisotopic (exact) mass is 504 g/mol. The predicted octanol–water partition coefficient (Wildman–Crippen LogP) is 5.40. The third kappa shape index (κ3) is 5.93. The van der Waals surface area contributed by atoms with E-state index in [1.54, 1.807) is 42.5 Å². The van der Waals surface area contributed by atoms with Gasteiger partial charge in [-0.05, 0) is 74.9 Å². The number of hydrogen-bond donors (Lipinski definition) is 1. The molecule has 2 aromatic carbocycles. The number of aliphatic hydroxyl groups excluding tert-OH is 1. The number of ketones is 1. The van der Waals surface area contributed by atoms with Gasteiger partial charge in [-0.2, -0.15) is 0 Å². The molecule has 0 aliphatic carbocycles. The van der Waals surface area contributed by atoms with Gasteiger partial charge in [-0.3, -0.25) is 9.59 Å². The van der Waals surface area contributed by atoms with Crippen LogP contribution in [0.3, 0.4) is 0 Å². The van der Waals surface area contributed by atoms with Crippen molar-refractivity contribution in [2.75, 3.05) is 33.8 Å². The Morgan fingerprint density at radius 2 is 1.79 bits per heavy atom. The highest BCUT2D eigenvalue weighted by atomic mass is 35.5. The van der Waals surface area contributed by atoms with Crippen molar-refractivity contribution >= 4 is 40.7 Å². The number of carbonyl (C=O) groups is 2. The zero-order valence-corrected chi connectivity index (χ0v) is 21.4. The van der Waals surface area contributed by atoms with E-state index >= 15 is 0 Å². The maximum Gasteiger partial charge on any atom is 0.295 e. The summed E-state index contributed by atoms with van der Waals surface area (Å²) in [7, 11) is 3.88. The van der Waals surface area contributed by atoms with E-state index in [0.717, 1.165) is 6.54 Å². The Balaban J connectivity index is 2.04. The maximum absolute atomic E-state index is 13.1. The van der Waals surface area contributed by atoms with Crippen LogP contribution in [0.5, 0.6) is 5.75 Å². The largest absolute Gasteiger partial charge is 0.507 e. The Morgan fingerprint density at radius 3 is 2.38 bits per heavy atom. The number of benzene rings is 2. The molecule has 0 aromatic heterocycles. The van der Waals surface area contributed by atoms with Gasteiger partial charge in [0.1, 0.15) is 11.5 Å². The van der Waals surface area contributed by atoms with Crippen molar-refractivity contribution in [3.05, 3.63) is 69.2 Å². The Morgan fingerprint density at radius 1 is 1.12 bits per heavy atom. The van der Waals surface area contributed by atoms with E-state index in [4.69, 9.17) is 27.9 Å². The van der Waals surface area contributed by atoms with E-state index < -0.39 is 17.7 Å². The van der Waals surface area contributed by atoms with Gasteiger partial charge in [0, 0.05) is 22.2 Å². The molecule has 2 aromatic rings. The summed E-state index contributed by atoms with van der Waals surface area (Å²) in [5.41, 5.74) is 0.960. The van der Waals surface area contributed by atoms with Crippen LogP contribution >= 0.6 is 23.2 Å². The summed E-state index contributed by atoms with van der Waals surface area (Å²) in [6.45, 7) is 5.75. The fraction of sp³-hybridized carbons (Fsp3) is 0.385. The molecule has 0 bridgehead atoms. The van der Waals surface area contributed by atoms with Crippen LogP contribution in [0.15, 0.2) is 48.0 Å². The Hall–Kier alpha value is -2.54. The molecule has 1 aliphatic rings. The van der Waals surface area contributed by atoms with Gasteiger partial charge in [-0.15, -0.1) is 0 Å². The number of nitrogens with zero attached hydrogens (tertiary/aromatic N) is 2. The molecule has 1 fully saturated rings. The van der Waals surface area contributed by atoms with Crippen LogP contribution in [0.4, 0.5) is 0 Å². The zero-order valence-electron chi connectivity index (χ0n) is 19.8. The highest BCUT2D eigenvalue weighted by Crippen LogP contribution is 2.42. The lowest BCUT2D eigenvalue weighted by Crippen LogP contribution is -2.32. The Kier molecular flexibility index (Phi) is 8.63. The molecule has 1 aliphatic heterocycles. The van der Waals surface area contributed by atoms with Crippen LogP contribution < -0.4 is 4.74 Å². The van der Waals surface area contributed by atoms with Gasteiger partial charge < -0.3 is 19.6 Å². The van der Waals surface area contributed by atoms with E-state index in [2.05, 4.69) is 13.8 Å². The fourth-order valence-corrected chi connectivity index (χ4v) is 4.35. The van der Waals surface area contributed by atoms with Crippen molar-refractivity contribution in [2.24, 2.45) is 5.92 Å². The van der Waals surface area contributed by atoms with Crippen molar-refractivity contribution in [1.29, 1.82) is 0 Å². The number of aliphatic hydroxyl groups is 1. The van der Waals surface area contributed by atoms with Gasteiger partial charge in [0.25, 0.3) is 11.7 Å². The minimum Gasteiger partial charge on any atom is -0.507 e. The molecule has 1 atom stereocenters. The minimum absolute atomic E-state index is 0.00919. The topological polar surface area (TPSA) is 70.1 Å². The van der Waals surface area contributed by atoms with Crippen LogP contribution in [-0.4, -0.2) is 60.4 Å². The lowest BCUT2D eigenvalue weighted by molar-refractivity contribution is -0.139. The van der Waals surface area contributed by atoms with Crippen molar-refractivity contribution in [2.45, 2.75) is 26.3 Å². The number of amides is 1. The number of halogens is 2. The summed E-state index contributed by atoms with van der Waals surface area (Å²) < 4.78 is 5.70. The molecule has 6 nitrogen and oxygen atoms in total. The van der Waals surface area contributed by atoms with Crippen LogP contribution in [0.1, 0.15) is 37.4 Å². The molecular weight excluding hydrogens is 475 g/mol. The van der Waals surface area contributed by atoms with Gasteiger partial charge in [-0.25, -0.2) is 0 Å². The first-order valence-electron chi connectivity index (χ1n) is 11.2. The third-order valence-electron chi connectivity index (χ3n) is 5.51. The minimum atomic E-state index is -0.816. The molecule has 182 valence electrons. The summed E-state index contributed by atoms with van der Waals surface area (Å²) in [5.74, 6) is -0.612. The second-order valence-electron chi connectivity index (χ2n) is 9.04. The molecule has 0 radical (unpaired) electrons. The fourth-order valence-electron chi connectivity index (χ4n) is 3.84. The van der Waals surface area contributed by atoms with Gasteiger partial charge in [0.05, 0.1) is 18.2 Å². The molecular formula is C26H30Cl2N2O4. The quantitative estimate of drug-likeness (QED) is 0.281. The Bertz CT molecular complexity index is 1080. The standard InChI is InChI=1S/C26H30Cl2N2O4/c1-16(2)15-34-19-9-6-17(7-10-19)24(31)22-23(20-11-8-18(27)14-21(20)28)30(26(33)25(22)32)13-5-12-29(3)4/h6-11,14,16,23,31H,5,12-13,15H2,1-4H3/b24-22+/t23-/m0/s1. The van der Waals surface area contributed by atoms with E-state index in [1.807, 2.05) is 19.0 Å². The molecule has 0 saturated carbocycles. The van der Waals surface area contributed by atoms with Crippen LogP contribution in [-0.2, 0) is 9.59 Å². The van der Waals surface area contributed by atoms with Crippen LogP contribution in [0, 0.1) is 5.92 Å². The van der Waals surface area contributed by atoms with Gasteiger partial charge in [0.2, 0.25) is 0 Å². The van der Waals surface area contributed by atoms with E-state index in [9.17, 15) is 14.7 Å². The first-order chi connectivity index (χ1) is 16.1. The van der Waals surface area contributed by atoms with Crippen LogP contribution in [0.25, 0.3) is 5.76 Å². The smallest absolute Gasteiger partial charge is 0.295 e. The number of hydrogen-bond acceptors (Lipinski definition) is 5. The van der Waals surface area contributed by atoms with E-state index in [-0.39, 0.29) is 11.3 Å². The second kappa shape index (κ2) is 11.3. The van der Waals surface area contributed by atoms with E-state index in [0.29, 0.717) is 52.4 Å². The zero-order chi connectivity index (χ0) is 25.0. The normalized spacial score (nSPS) is 17.8. The molecule has 0 spiro atoms. The van der Waals surface area contributed by atoms with Crippen molar-refractivity contribution in [3.63, 3.8) is 0 Å². The van der Waals surface area contributed by atoms with Crippen molar-refractivity contribution in [1.82, 2.24) is 9.80 Å². The summed E-state index contributed by atoms with van der Waals surface area (Å²) in [6.07, 6.45) is 0.656. The molecule has 8 heteroatoms. The second-order valence-corrected chi connectivity index (χ2v) is 9.89. The Labute approximate surface area is 210 Å². The molecule has 0 unspecified atom stereocenters. The highest BCUT2D eigenvalue weighted by Gasteiger charge is 2.46. The molecule has 1 N–H and O–H groups in total. The van der Waals surface area contributed by atoms with E-state index in [1.165, 1.54) is 4.90 Å². The maximum atomic E-state index is 13.1. The van der Waals surface area contributed by atoms with Crippen LogP contribution in [0.2, 0.25) is 10.0 Å². The molecule has 1 amide bonds. The molecule has 34 heavy (non-hydrogen) atoms. The molecule has 3 rings (SSSR count). The summed E-state index contributed by atoms with van der Waals surface area (Å²) in [4.78, 5) is 29.6. The van der Waals surface area contributed by atoms with Gasteiger partial charge in [0.15, 0.2) is 0 Å². The number of likely N-dealkylation sites (tertiary alicyclic amines) is 1. The third-order valence-corrected chi connectivity index (χ3v) is 6.07. The predicted molar refractivity (Wildman–Crippen MR) is 135 cm³/mol. The first-order valence-corrected chi connectivity index (χ1v) is 12.0. The van der Waals surface area contributed by atoms with Crippen molar-refractivity contribution in [3.8, 4) is 5.75 Å². The van der Waals surface area contributed by atoms with Crippen molar-refractivity contribution < 1.29 is 19.4 Å².